The molecule has 8 heteroatoms. The molecule has 1 aliphatic rings. The number of thioether (sulfide) groups is 1. The van der Waals surface area contributed by atoms with Crippen LogP contribution in [0.5, 0.6) is 0 Å². The van der Waals surface area contributed by atoms with Crippen LogP contribution < -0.4 is 0 Å². The van der Waals surface area contributed by atoms with Gasteiger partial charge in [-0.3, -0.25) is 9.36 Å². The van der Waals surface area contributed by atoms with E-state index >= 15 is 0 Å². The van der Waals surface area contributed by atoms with Crippen molar-refractivity contribution in [2.75, 3.05) is 12.4 Å². The molecular formula is C24H29FN4O2S. The van der Waals surface area contributed by atoms with Crippen molar-refractivity contribution in [1.82, 2.24) is 19.3 Å². The first-order valence-corrected chi connectivity index (χ1v) is 12.1. The smallest absolute Gasteiger partial charge is 0.192 e. The van der Waals surface area contributed by atoms with E-state index in [1.54, 1.807) is 12.1 Å². The van der Waals surface area contributed by atoms with Crippen molar-refractivity contribution < 1.29 is 13.9 Å². The van der Waals surface area contributed by atoms with Crippen molar-refractivity contribution in [1.29, 1.82) is 0 Å². The second-order valence-electron chi connectivity index (χ2n) is 8.21. The number of Topliss-reactive ketones (excluding diaryl/α,β-unsaturated/α-hetero) is 1. The zero-order valence-corrected chi connectivity index (χ0v) is 19.6. The van der Waals surface area contributed by atoms with E-state index in [4.69, 9.17) is 4.74 Å². The van der Waals surface area contributed by atoms with Gasteiger partial charge in [0.25, 0.3) is 0 Å². The topological polar surface area (TPSA) is 61.9 Å². The van der Waals surface area contributed by atoms with Crippen molar-refractivity contribution in [2.45, 2.75) is 64.4 Å². The third kappa shape index (κ3) is 4.81. The Labute approximate surface area is 192 Å². The van der Waals surface area contributed by atoms with Crippen molar-refractivity contribution in [3.63, 3.8) is 0 Å². The lowest BCUT2D eigenvalue weighted by Crippen LogP contribution is -2.17. The van der Waals surface area contributed by atoms with Crippen LogP contribution in [0.3, 0.4) is 0 Å². The Morgan fingerprint density at radius 1 is 1.22 bits per heavy atom. The molecule has 2 aromatic heterocycles. The van der Waals surface area contributed by atoms with Gasteiger partial charge in [0.2, 0.25) is 0 Å². The first-order chi connectivity index (χ1) is 15.5. The molecule has 1 aromatic carbocycles. The first-order valence-electron chi connectivity index (χ1n) is 11.1. The maximum Gasteiger partial charge on any atom is 0.192 e. The number of carbonyl (C=O) groups is 1. The van der Waals surface area contributed by atoms with Gasteiger partial charge in [-0.25, -0.2) is 4.39 Å². The molecule has 0 spiro atoms. The standard InChI is InChI=1S/C24H29FN4O2S/c1-4-11-28-16(2)13-21(17(28)3)22(30)15-32-24-27-26-23(18-7-9-19(25)10-8-18)29(24)14-20-6-5-12-31-20/h7-10,13,20H,4-6,11-12,14-15H2,1-3H3/t20-/m0/s1. The van der Waals surface area contributed by atoms with Gasteiger partial charge in [-0.15, -0.1) is 10.2 Å². The number of carbonyl (C=O) groups excluding carboxylic acids is 1. The number of ketones is 1. The fraction of sp³-hybridized carbons (Fsp3) is 0.458. The van der Waals surface area contributed by atoms with Gasteiger partial charge in [0, 0.05) is 35.7 Å². The molecule has 1 aliphatic heterocycles. The highest BCUT2D eigenvalue weighted by molar-refractivity contribution is 7.99. The van der Waals surface area contributed by atoms with Crippen LogP contribution in [0.15, 0.2) is 35.5 Å². The number of ether oxygens (including phenoxy) is 1. The maximum absolute atomic E-state index is 13.4. The van der Waals surface area contributed by atoms with E-state index in [0.717, 1.165) is 54.9 Å². The number of rotatable bonds is 9. The van der Waals surface area contributed by atoms with Crippen molar-refractivity contribution in [3.05, 3.63) is 53.1 Å². The fourth-order valence-electron chi connectivity index (χ4n) is 4.22. The summed E-state index contributed by atoms with van der Waals surface area (Å²) >= 11 is 1.39. The third-order valence-electron chi connectivity index (χ3n) is 5.88. The maximum atomic E-state index is 13.4. The highest BCUT2D eigenvalue weighted by Gasteiger charge is 2.23. The summed E-state index contributed by atoms with van der Waals surface area (Å²) < 4.78 is 23.4. The predicted molar refractivity (Wildman–Crippen MR) is 124 cm³/mol. The number of hydrogen-bond acceptors (Lipinski definition) is 5. The van der Waals surface area contributed by atoms with Crippen molar-refractivity contribution in [2.24, 2.45) is 0 Å². The Morgan fingerprint density at radius 3 is 2.69 bits per heavy atom. The zero-order chi connectivity index (χ0) is 22.7. The molecule has 0 bridgehead atoms. The monoisotopic (exact) mass is 456 g/mol. The summed E-state index contributed by atoms with van der Waals surface area (Å²) in [7, 11) is 0. The fourth-order valence-corrected chi connectivity index (χ4v) is 5.05. The molecule has 0 unspecified atom stereocenters. The largest absolute Gasteiger partial charge is 0.376 e. The Morgan fingerprint density at radius 2 is 2.00 bits per heavy atom. The molecule has 32 heavy (non-hydrogen) atoms. The molecule has 1 fully saturated rings. The molecule has 0 amide bonds. The normalized spacial score (nSPS) is 16.1. The average molecular weight is 457 g/mol. The van der Waals surface area contributed by atoms with Crippen LogP contribution in [-0.2, 0) is 17.8 Å². The van der Waals surface area contributed by atoms with Crippen LogP contribution in [0.25, 0.3) is 11.4 Å². The molecule has 0 radical (unpaired) electrons. The number of hydrogen-bond donors (Lipinski definition) is 0. The quantitative estimate of drug-likeness (QED) is 0.332. The third-order valence-corrected chi connectivity index (χ3v) is 6.85. The van der Waals surface area contributed by atoms with Crippen LogP contribution in [-0.4, -0.2) is 43.6 Å². The van der Waals surface area contributed by atoms with E-state index < -0.39 is 0 Å². The van der Waals surface area contributed by atoms with Gasteiger partial charge in [-0.05, 0) is 63.4 Å². The van der Waals surface area contributed by atoms with Crippen LogP contribution >= 0.6 is 11.8 Å². The minimum atomic E-state index is -0.292. The van der Waals surface area contributed by atoms with Gasteiger partial charge in [0.15, 0.2) is 16.8 Å². The van der Waals surface area contributed by atoms with E-state index in [-0.39, 0.29) is 23.5 Å². The number of halogens is 1. The van der Waals surface area contributed by atoms with Gasteiger partial charge >= 0.3 is 0 Å². The molecule has 1 atom stereocenters. The van der Waals surface area contributed by atoms with Crippen LogP contribution in [0.2, 0.25) is 0 Å². The Kier molecular flexibility index (Phi) is 7.10. The first kappa shape index (κ1) is 22.7. The van der Waals surface area contributed by atoms with Gasteiger partial charge in [0.1, 0.15) is 5.82 Å². The summed E-state index contributed by atoms with van der Waals surface area (Å²) in [6, 6.07) is 8.22. The lowest BCUT2D eigenvalue weighted by molar-refractivity contribution is 0.0953. The molecule has 4 rings (SSSR count). The molecule has 1 saturated heterocycles. The number of nitrogens with zero attached hydrogens (tertiary/aromatic N) is 4. The van der Waals surface area contributed by atoms with Gasteiger partial charge in [-0.1, -0.05) is 18.7 Å². The average Bonchev–Trinajstić information content (AvgIpc) is 3.50. The van der Waals surface area contributed by atoms with Crippen molar-refractivity contribution >= 4 is 17.5 Å². The number of benzene rings is 1. The lowest BCUT2D eigenvalue weighted by atomic mass is 10.2. The summed E-state index contributed by atoms with van der Waals surface area (Å²) in [6.07, 6.45) is 3.13. The van der Waals surface area contributed by atoms with Gasteiger partial charge in [0.05, 0.1) is 18.4 Å². The van der Waals surface area contributed by atoms with Gasteiger partial charge in [-0.2, -0.15) is 0 Å². The van der Waals surface area contributed by atoms with E-state index in [2.05, 4.69) is 21.7 Å². The van der Waals surface area contributed by atoms with E-state index in [1.807, 2.05) is 24.5 Å². The molecule has 3 heterocycles. The van der Waals surface area contributed by atoms with E-state index in [1.165, 1.54) is 23.9 Å². The Balaban J connectivity index is 1.56. The second-order valence-corrected chi connectivity index (χ2v) is 9.15. The van der Waals surface area contributed by atoms with Crippen molar-refractivity contribution in [3.8, 4) is 11.4 Å². The second kappa shape index (κ2) is 10.0. The zero-order valence-electron chi connectivity index (χ0n) is 18.8. The molecular weight excluding hydrogens is 427 g/mol. The SMILES string of the molecule is CCCn1c(C)cc(C(=O)CSc2nnc(-c3ccc(F)cc3)n2C[C@@H]2CCCO2)c1C. The Bertz CT molecular complexity index is 1080. The van der Waals surface area contributed by atoms with Gasteiger partial charge < -0.3 is 9.30 Å². The number of aryl methyl sites for hydroxylation is 1. The highest BCUT2D eigenvalue weighted by Crippen LogP contribution is 2.28. The summed E-state index contributed by atoms with van der Waals surface area (Å²) in [4.78, 5) is 13.0. The molecule has 3 aromatic rings. The molecule has 6 nitrogen and oxygen atoms in total. The Hall–Kier alpha value is -2.45. The summed E-state index contributed by atoms with van der Waals surface area (Å²) in [6.45, 7) is 8.46. The van der Waals surface area contributed by atoms with Crippen LogP contribution in [0.1, 0.15) is 47.9 Å². The molecule has 170 valence electrons. The van der Waals surface area contributed by atoms with Crippen LogP contribution in [0.4, 0.5) is 4.39 Å². The van der Waals surface area contributed by atoms with E-state index in [0.29, 0.717) is 17.5 Å². The summed E-state index contributed by atoms with van der Waals surface area (Å²) in [5, 5.41) is 9.41. The predicted octanol–water partition coefficient (Wildman–Crippen LogP) is 5.07. The minimum Gasteiger partial charge on any atom is -0.376 e. The minimum absolute atomic E-state index is 0.0838. The lowest BCUT2D eigenvalue weighted by Gasteiger charge is -2.14. The highest BCUT2D eigenvalue weighted by atomic mass is 32.2. The molecule has 0 aliphatic carbocycles. The summed E-state index contributed by atoms with van der Waals surface area (Å²) in [5.74, 6) is 0.737. The van der Waals surface area contributed by atoms with E-state index in [9.17, 15) is 9.18 Å². The number of aromatic nitrogens is 4. The molecule has 0 saturated carbocycles. The molecule has 0 N–H and O–H groups in total. The summed E-state index contributed by atoms with van der Waals surface area (Å²) in [5.41, 5.74) is 3.69. The van der Waals surface area contributed by atoms with Crippen LogP contribution in [0, 0.1) is 19.7 Å².